The maximum atomic E-state index is 11.6. The molecule has 1 aliphatic heterocycles. The molecule has 2 atom stereocenters. The van der Waals surface area contributed by atoms with Crippen molar-refractivity contribution in [3.63, 3.8) is 0 Å². The Hall–Kier alpha value is -0.910. The summed E-state index contributed by atoms with van der Waals surface area (Å²) < 4.78 is 23.3. The lowest BCUT2D eigenvalue weighted by Crippen LogP contribution is -2.39. The van der Waals surface area contributed by atoms with E-state index in [0.717, 1.165) is 0 Å². The normalized spacial score (nSPS) is 23.1. The Labute approximate surface area is 121 Å². The highest BCUT2D eigenvalue weighted by molar-refractivity contribution is 7.91. The molecule has 0 saturated carbocycles. The molecule has 5 heteroatoms. The molecule has 2 N–H and O–H groups in total. The number of aryl methyl sites for hydroxylation is 2. The molecule has 0 bridgehead atoms. The zero-order chi connectivity index (χ0) is 14.9. The second kappa shape index (κ2) is 5.84. The van der Waals surface area contributed by atoms with Gasteiger partial charge in [-0.05, 0) is 44.0 Å². The molecular weight excluding hydrogens is 272 g/mol. The molecule has 0 spiro atoms. The van der Waals surface area contributed by atoms with Crippen LogP contribution in [0.3, 0.4) is 0 Å². The molecule has 20 heavy (non-hydrogen) atoms. The Morgan fingerprint density at radius 1 is 1.35 bits per heavy atom. The average molecular weight is 296 g/mol. The monoisotopic (exact) mass is 296 g/mol. The number of hydrogen-bond donors (Lipinski definition) is 1. The summed E-state index contributed by atoms with van der Waals surface area (Å²) in [6.07, 6.45) is 0.709. The Kier molecular flexibility index (Phi) is 4.52. The van der Waals surface area contributed by atoms with E-state index < -0.39 is 9.84 Å². The van der Waals surface area contributed by atoms with Crippen LogP contribution in [0.25, 0.3) is 0 Å². The third-order valence-electron chi connectivity index (χ3n) is 4.41. The molecule has 1 heterocycles. The van der Waals surface area contributed by atoms with Crippen LogP contribution in [0.5, 0.6) is 0 Å². The van der Waals surface area contributed by atoms with Crippen molar-refractivity contribution in [2.45, 2.75) is 32.4 Å². The highest BCUT2D eigenvalue weighted by Crippen LogP contribution is 2.27. The molecular formula is C15H24N2O2S. The third-order valence-corrected chi connectivity index (χ3v) is 6.17. The summed E-state index contributed by atoms with van der Waals surface area (Å²) >= 11 is 0. The molecule has 0 aromatic heterocycles. The van der Waals surface area contributed by atoms with E-state index in [1.807, 2.05) is 7.05 Å². The molecule has 0 amide bonds. The first-order valence-corrected chi connectivity index (χ1v) is 8.86. The van der Waals surface area contributed by atoms with Crippen LogP contribution in [0.1, 0.15) is 29.2 Å². The van der Waals surface area contributed by atoms with Crippen LogP contribution in [-0.4, -0.2) is 44.5 Å². The second-order valence-electron chi connectivity index (χ2n) is 5.82. The summed E-state index contributed by atoms with van der Waals surface area (Å²) in [6.45, 7) is 4.67. The fraction of sp³-hybridized carbons (Fsp3) is 0.600. The van der Waals surface area contributed by atoms with Gasteiger partial charge in [0.25, 0.3) is 0 Å². The second-order valence-corrected chi connectivity index (χ2v) is 8.05. The lowest BCUT2D eigenvalue weighted by Gasteiger charge is -2.32. The highest BCUT2D eigenvalue weighted by atomic mass is 32.2. The van der Waals surface area contributed by atoms with Crippen LogP contribution in [0.15, 0.2) is 18.2 Å². The third kappa shape index (κ3) is 3.22. The number of nitrogens with two attached hydrogens (primary N) is 1. The summed E-state index contributed by atoms with van der Waals surface area (Å²) in [7, 11) is -0.877. The van der Waals surface area contributed by atoms with Crippen molar-refractivity contribution in [1.29, 1.82) is 0 Å². The van der Waals surface area contributed by atoms with Crippen LogP contribution in [0.2, 0.25) is 0 Å². The number of sulfone groups is 1. The lowest BCUT2D eigenvalue weighted by atomic mass is 9.99. The Bertz CT molecular complexity index is 584. The minimum absolute atomic E-state index is 0.0765. The summed E-state index contributed by atoms with van der Waals surface area (Å²) in [4.78, 5) is 2.13. The standard InChI is InChI=1S/C15H24N2O2S/c1-11-4-5-13(8-12(11)2)15(9-16)17(3)14-6-7-20(18,19)10-14/h4-5,8,14-15H,6-7,9-10,16H2,1-3H3. The molecule has 4 nitrogen and oxygen atoms in total. The van der Waals surface area contributed by atoms with Gasteiger partial charge in [-0.3, -0.25) is 4.90 Å². The minimum Gasteiger partial charge on any atom is -0.329 e. The molecule has 0 radical (unpaired) electrons. The Balaban J connectivity index is 2.21. The molecule has 1 saturated heterocycles. The zero-order valence-electron chi connectivity index (χ0n) is 12.5. The smallest absolute Gasteiger partial charge is 0.151 e. The zero-order valence-corrected chi connectivity index (χ0v) is 13.3. The van der Waals surface area contributed by atoms with Crippen molar-refractivity contribution in [2.24, 2.45) is 5.73 Å². The summed E-state index contributed by atoms with van der Waals surface area (Å²) in [6, 6.07) is 6.52. The first-order valence-electron chi connectivity index (χ1n) is 7.03. The number of hydrogen-bond acceptors (Lipinski definition) is 4. The Morgan fingerprint density at radius 3 is 2.55 bits per heavy atom. The van der Waals surface area contributed by atoms with Crippen molar-refractivity contribution >= 4 is 9.84 Å². The maximum Gasteiger partial charge on any atom is 0.151 e. The van der Waals surface area contributed by atoms with Gasteiger partial charge in [-0.25, -0.2) is 8.42 Å². The molecule has 1 aromatic rings. The van der Waals surface area contributed by atoms with E-state index in [-0.39, 0.29) is 17.8 Å². The van der Waals surface area contributed by atoms with Gasteiger partial charge in [0.1, 0.15) is 0 Å². The van der Waals surface area contributed by atoms with Gasteiger partial charge >= 0.3 is 0 Å². The summed E-state index contributed by atoms with van der Waals surface area (Å²) in [5.74, 6) is 0.553. The SMILES string of the molecule is Cc1ccc(C(CN)N(C)C2CCS(=O)(=O)C2)cc1C. The number of nitrogens with zero attached hydrogens (tertiary/aromatic N) is 1. The molecule has 112 valence electrons. The van der Waals surface area contributed by atoms with E-state index in [4.69, 9.17) is 5.73 Å². The molecule has 2 rings (SSSR count). The van der Waals surface area contributed by atoms with Gasteiger partial charge in [-0.15, -0.1) is 0 Å². The quantitative estimate of drug-likeness (QED) is 0.913. The van der Waals surface area contributed by atoms with Gasteiger partial charge in [0.15, 0.2) is 9.84 Å². The van der Waals surface area contributed by atoms with Crippen LogP contribution >= 0.6 is 0 Å². The highest BCUT2D eigenvalue weighted by Gasteiger charge is 2.33. The van der Waals surface area contributed by atoms with Gasteiger partial charge < -0.3 is 5.73 Å². The predicted molar refractivity (Wildman–Crippen MR) is 82.5 cm³/mol. The van der Waals surface area contributed by atoms with E-state index in [9.17, 15) is 8.42 Å². The fourth-order valence-electron chi connectivity index (χ4n) is 2.86. The lowest BCUT2D eigenvalue weighted by molar-refractivity contribution is 0.192. The van der Waals surface area contributed by atoms with Gasteiger partial charge in [0.2, 0.25) is 0 Å². The van der Waals surface area contributed by atoms with E-state index in [2.05, 4.69) is 36.9 Å². The van der Waals surface area contributed by atoms with Crippen molar-refractivity contribution < 1.29 is 8.42 Å². The predicted octanol–water partition coefficient (Wildman–Crippen LogP) is 1.42. The summed E-state index contributed by atoms with van der Waals surface area (Å²) in [5.41, 5.74) is 9.61. The molecule has 1 aromatic carbocycles. The van der Waals surface area contributed by atoms with Gasteiger partial charge in [0, 0.05) is 18.6 Å². The van der Waals surface area contributed by atoms with Crippen molar-refractivity contribution in [1.82, 2.24) is 4.90 Å². The van der Waals surface area contributed by atoms with Gasteiger partial charge in [-0.1, -0.05) is 18.2 Å². The van der Waals surface area contributed by atoms with Crippen LogP contribution in [0.4, 0.5) is 0 Å². The van der Waals surface area contributed by atoms with E-state index >= 15 is 0 Å². The van der Waals surface area contributed by atoms with Crippen molar-refractivity contribution in [2.75, 3.05) is 25.1 Å². The number of benzene rings is 1. The van der Waals surface area contributed by atoms with Crippen LogP contribution in [-0.2, 0) is 9.84 Å². The largest absolute Gasteiger partial charge is 0.329 e. The Morgan fingerprint density at radius 2 is 2.05 bits per heavy atom. The van der Waals surface area contributed by atoms with Gasteiger partial charge in [-0.2, -0.15) is 0 Å². The molecule has 2 unspecified atom stereocenters. The van der Waals surface area contributed by atoms with Crippen molar-refractivity contribution in [3.05, 3.63) is 34.9 Å². The van der Waals surface area contributed by atoms with E-state index in [1.165, 1.54) is 16.7 Å². The average Bonchev–Trinajstić information content (AvgIpc) is 2.75. The molecule has 0 aliphatic carbocycles. The number of likely N-dealkylation sites (N-methyl/N-ethyl adjacent to an activating group) is 1. The van der Waals surface area contributed by atoms with Gasteiger partial charge in [0.05, 0.1) is 11.5 Å². The van der Waals surface area contributed by atoms with Crippen LogP contribution < -0.4 is 5.73 Å². The van der Waals surface area contributed by atoms with Crippen molar-refractivity contribution in [3.8, 4) is 0 Å². The van der Waals surface area contributed by atoms with E-state index in [1.54, 1.807) is 0 Å². The topological polar surface area (TPSA) is 63.4 Å². The van der Waals surface area contributed by atoms with Crippen LogP contribution in [0, 0.1) is 13.8 Å². The maximum absolute atomic E-state index is 11.6. The molecule has 1 fully saturated rings. The fourth-order valence-corrected chi connectivity index (χ4v) is 4.65. The molecule has 1 aliphatic rings. The summed E-state index contributed by atoms with van der Waals surface area (Å²) in [5, 5.41) is 0. The minimum atomic E-state index is -2.86. The first-order chi connectivity index (χ1) is 9.34. The number of rotatable bonds is 4. The van der Waals surface area contributed by atoms with E-state index in [0.29, 0.717) is 18.7 Å². The first kappa shape index (κ1) is 15.5.